The highest BCUT2D eigenvalue weighted by Crippen LogP contribution is 2.15. The van der Waals surface area contributed by atoms with Gasteiger partial charge in [-0.15, -0.1) is 0 Å². The molecule has 0 unspecified atom stereocenters. The molecule has 0 aromatic rings. The molecule has 2 aliphatic heterocycles. The molecule has 0 atom stereocenters. The highest BCUT2D eigenvalue weighted by atomic mass is 32.2. The molecule has 2 aliphatic rings. The van der Waals surface area contributed by atoms with Crippen molar-refractivity contribution in [3.05, 3.63) is 0 Å². The molecular weight excluding hydrogens is 240 g/mol. The largest absolute Gasteiger partial charge is 0.363 e. The molecule has 6 heteroatoms. The summed E-state index contributed by atoms with van der Waals surface area (Å²) in [6, 6.07) is 0.177. The fourth-order valence-corrected chi connectivity index (χ4v) is 3.33. The number of hydrogen-bond donors (Lipinski definition) is 2. The highest BCUT2D eigenvalue weighted by molar-refractivity contribution is 7.85. The molecule has 0 aromatic carbocycles. The quantitative estimate of drug-likeness (QED) is 0.708. The third-order valence-corrected chi connectivity index (χ3v) is 4.68. The highest BCUT2D eigenvalue weighted by Gasteiger charge is 2.33. The predicted octanol–water partition coefficient (Wildman–Crippen LogP) is -0.608. The van der Waals surface area contributed by atoms with E-state index in [9.17, 15) is 9.00 Å². The summed E-state index contributed by atoms with van der Waals surface area (Å²) in [5.74, 6) is 1.34. The Bertz CT molecular complexity index is 308. The molecule has 2 fully saturated rings. The van der Waals surface area contributed by atoms with Crippen LogP contribution < -0.4 is 10.6 Å². The van der Waals surface area contributed by atoms with Gasteiger partial charge in [-0.25, -0.2) is 0 Å². The van der Waals surface area contributed by atoms with Gasteiger partial charge in [0.2, 0.25) is 5.91 Å². The molecule has 2 heterocycles. The minimum Gasteiger partial charge on any atom is -0.363 e. The van der Waals surface area contributed by atoms with Crippen LogP contribution in [0.1, 0.15) is 19.8 Å². The second-order valence-electron chi connectivity index (χ2n) is 5.03. The Kier molecular flexibility index (Phi) is 4.17. The Hall–Kier alpha value is -0.460. The summed E-state index contributed by atoms with van der Waals surface area (Å²) in [6.45, 7) is 3.74. The van der Waals surface area contributed by atoms with Crippen molar-refractivity contribution >= 4 is 16.7 Å². The third-order valence-electron chi connectivity index (χ3n) is 3.30. The van der Waals surface area contributed by atoms with Gasteiger partial charge in [0.05, 0.1) is 5.60 Å². The molecule has 0 saturated carbocycles. The van der Waals surface area contributed by atoms with Crippen LogP contribution in [0.25, 0.3) is 0 Å². The number of rotatable bonds is 4. The summed E-state index contributed by atoms with van der Waals surface area (Å²) >= 11 is 0. The van der Waals surface area contributed by atoms with Crippen molar-refractivity contribution in [2.24, 2.45) is 0 Å². The molecule has 0 spiro atoms. The van der Waals surface area contributed by atoms with Crippen LogP contribution in [0.4, 0.5) is 0 Å². The molecule has 2 saturated heterocycles. The lowest BCUT2D eigenvalue weighted by molar-refractivity contribution is -0.136. The third kappa shape index (κ3) is 3.76. The van der Waals surface area contributed by atoms with Crippen LogP contribution in [-0.2, 0) is 20.3 Å². The van der Waals surface area contributed by atoms with Gasteiger partial charge in [0.1, 0.15) is 6.61 Å². The number of nitrogens with one attached hydrogen (secondary N) is 2. The van der Waals surface area contributed by atoms with E-state index in [1.54, 1.807) is 0 Å². The summed E-state index contributed by atoms with van der Waals surface area (Å²) < 4.78 is 16.7. The molecule has 0 radical (unpaired) electrons. The zero-order valence-corrected chi connectivity index (χ0v) is 11.0. The molecule has 2 N–H and O–H groups in total. The van der Waals surface area contributed by atoms with Crippen LogP contribution in [0, 0.1) is 0 Å². The molecule has 0 aromatic heterocycles. The van der Waals surface area contributed by atoms with E-state index in [1.165, 1.54) is 0 Å². The van der Waals surface area contributed by atoms with Crippen LogP contribution in [0.3, 0.4) is 0 Å². The second-order valence-corrected chi connectivity index (χ2v) is 6.73. The molecule has 0 aliphatic carbocycles. The first-order chi connectivity index (χ1) is 8.07. The van der Waals surface area contributed by atoms with E-state index in [2.05, 4.69) is 10.6 Å². The molecule has 98 valence electrons. The Labute approximate surface area is 104 Å². The van der Waals surface area contributed by atoms with E-state index in [-0.39, 0.29) is 24.2 Å². The average Bonchev–Trinajstić information content (AvgIpc) is 2.27. The SMILES string of the molecule is CC1(OCC(=O)NC2CCS(=O)CC2)CNC1. The Morgan fingerprint density at radius 3 is 2.65 bits per heavy atom. The average molecular weight is 260 g/mol. The Balaban J connectivity index is 1.65. The number of hydrogen-bond acceptors (Lipinski definition) is 4. The fourth-order valence-electron chi connectivity index (χ4n) is 2.03. The number of carbonyl (C=O) groups excluding carboxylic acids is 1. The standard InChI is InChI=1S/C11H20N2O3S/c1-11(7-12-8-11)16-6-10(14)13-9-2-4-17(15)5-3-9/h9,12H,2-8H2,1H3,(H,13,14). The van der Waals surface area contributed by atoms with Gasteiger partial charge in [-0.05, 0) is 19.8 Å². The van der Waals surface area contributed by atoms with E-state index < -0.39 is 10.8 Å². The maximum Gasteiger partial charge on any atom is 0.246 e. The van der Waals surface area contributed by atoms with E-state index in [0.717, 1.165) is 25.9 Å². The second kappa shape index (κ2) is 5.46. The van der Waals surface area contributed by atoms with E-state index in [0.29, 0.717) is 11.5 Å². The summed E-state index contributed by atoms with van der Waals surface area (Å²) in [6.07, 6.45) is 1.63. The molecule has 5 nitrogen and oxygen atoms in total. The van der Waals surface area contributed by atoms with Crippen LogP contribution in [-0.4, -0.2) is 53.0 Å². The van der Waals surface area contributed by atoms with Gasteiger partial charge in [0.15, 0.2) is 0 Å². The monoisotopic (exact) mass is 260 g/mol. The van der Waals surface area contributed by atoms with Gasteiger partial charge in [-0.3, -0.25) is 9.00 Å². The van der Waals surface area contributed by atoms with Crippen molar-refractivity contribution in [3.8, 4) is 0 Å². The van der Waals surface area contributed by atoms with Crippen LogP contribution in [0.15, 0.2) is 0 Å². The van der Waals surface area contributed by atoms with Crippen LogP contribution in [0.2, 0.25) is 0 Å². The smallest absolute Gasteiger partial charge is 0.246 e. The van der Waals surface area contributed by atoms with E-state index in [1.807, 2.05) is 6.92 Å². The molecule has 17 heavy (non-hydrogen) atoms. The Morgan fingerprint density at radius 1 is 1.47 bits per heavy atom. The van der Waals surface area contributed by atoms with Gasteiger partial charge in [0.25, 0.3) is 0 Å². The number of carbonyl (C=O) groups is 1. The van der Waals surface area contributed by atoms with Gasteiger partial charge in [0, 0.05) is 41.4 Å². The maximum atomic E-state index is 11.6. The predicted molar refractivity (Wildman–Crippen MR) is 66.3 cm³/mol. The molecule has 0 bridgehead atoms. The van der Waals surface area contributed by atoms with Crippen molar-refractivity contribution in [1.82, 2.24) is 10.6 Å². The van der Waals surface area contributed by atoms with Gasteiger partial charge in [-0.1, -0.05) is 0 Å². The number of amides is 1. The van der Waals surface area contributed by atoms with E-state index in [4.69, 9.17) is 4.74 Å². The zero-order chi connectivity index (χ0) is 12.3. The van der Waals surface area contributed by atoms with Crippen LogP contribution in [0.5, 0.6) is 0 Å². The lowest BCUT2D eigenvalue weighted by Gasteiger charge is -2.38. The minimum atomic E-state index is -0.677. The Morgan fingerprint density at radius 2 is 2.12 bits per heavy atom. The topological polar surface area (TPSA) is 67.4 Å². The lowest BCUT2D eigenvalue weighted by Crippen LogP contribution is -2.59. The summed E-state index contributed by atoms with van der Waals surface area (Å²) in [5, 5.41) is 6.06. The molecule has 2 rings (SSSR count). The van der Waals surface area contributed by atoms with Crippen molar-refractivity contribution in [2.45, 2.75) is 31.4 Å². The van der Waals surface area contributed by atoms with Crippen molar-refractivity contribution in [3.63, 3.8) is 0 Å². The molecule has 1 amide bonds. The van der Waals surface area contributed by atoms with Crippen LogP contribution >= 0.6 is 0 Å². The summed E-state index contributed by atoms with van der Waals surface area (Å²) in [7, 11) is -0.677. The van der Waals surface area contributed by atoms with Crippen molar-refractivity contribution in [2.75, 3.05) is 31.2 Å². The van der Waals surface area contributed by atoms with Crippen molar-refractivity contribution < 1.29 is 13.7 Å². The maximum absolute atomic E-state index is 11.6. The first-order valence-corrected chi connectivity index (χ1v) is 7.55. The number of ether oxygens (including phenoxy) is 1. The van der Waals surface area contributed by atoms with Crippen molar-refractivity contribution in [1.29, 1.82) is 0 Å². The first-order valence-electron chi connectivity index (χ1n) is 6.06. The van der Waals surface area contributed by atoms with Gasteiger partial charge >= 0.3 is 0 Å². The fraction of sp³-hybridized carbons (Fsp3) is 0.909. The molecular formula is C11H20N2O3S. The van der Waals surface area contributed by atoms with Gasteiger partial charge < -0.3 is 15.4 Å². The first kappa shape index (κ1) is 13.0. The summed E-state index contributed by atoms with van der Waals surface area (Å²) in [4.78, 5) is 11.6. The normalized spacial score (nSPS) is 31.6. The minimum absolute atomic E-state index is 0.0594. The summed E-state index contributed by atoms with van der Waals surface area (Å²) in [5.41, 5.74) is -0.175. The van der Waals surface area contributed by atoms with E-state index >= 15 is 0 Å². The lowest BCUT2D eigenvalue weighted by atomic mass is 10.0. The van der Waals surface area contributed by atoms with Gasteiger partial charge in [-0.2, -0.15) is 0 Å². The zero-order valence-electron chi connectivity index (χ0n) is 10.2.